The van der Waals surface area contributed by atoms with Crippen LogP contribution in [0.25, 0.3) is 0 Å². The van der Waals surface area contributed by atoms with Gasteiger partial charge in [-0.1, -0.05) is 32.1 Å². The van der Waals surface area contributed by atoms with Gasteiger partial charge < -0.3 is 0 Å². The lowest BCUT2D eigenvalue weighted by Gasteiger charge is -2.22. The highest BCUT2D eigenvalue weighted by Gasteiger charge is 2.14. The lowest BCUT2D eigenvalue weighted by atomic mass is 9.87. The first-order chi connectivity index (χ1) is 6.20. The predicted octanol–water partition coefficient (Wildman–Crippen LogP) is 2.03. The van der Waals surface area contributed by atoms with Crippen molar-refractivity contribution in [2.24, 2.45) is 5.92 Å². The van der Waals surface area contributed by atoms with E-state index in [1.54, 1.807) is 7.05 Å². The molecule has 0 bridgehead atoms. The van der Waals surface area contributed by atoms with Gasteiger partial charge in [0.25, 0.3) is 0 Å². The Balaban J connectivity index is 2.13. The van der Waals surface area contributed by atoms with E-state index in [0.29, 0.717) is 0 Å². The average molecular weight is 205 g/mol. The second-order valence-electron chi connectivity index (χ2n) is 3.87. The van der Waals surface area contributed by atoms with Gasteiger partial charge in [-0.05, 0) is 12.3 Å². The summed E-state index contributed by atoms with van der Waals surface area (Å²) in [5.74, 6) is 0.791. The van der Waals surface area contributed by atoms with E-state index in [9.17, 15) is 4.21 Å². The molecule has 0 aliphatic heterocycles. The van der Waals surface area contributed by atoms with Gasteiger partial charge in [-0.25, -0.2) is 8.51 Å². The molecule has 0 aromatic heterocycles. The third kappa shape index (κ3) is 4.20. The summed E-state index contributed by atoms with van der Waals surface area (Å²) in [6, 6.07) is 0. The fourth-order valence-electron chi connectivity index (χ4n) is 1.92. The summed E-state index contributed by atoms with van der Waals surface area (Å²) in [4.78, 5) is 0. The smallest absolute Gasteiger partial charge is 0.234 e. The molecule has 0 saturated heterocycles. The van der Waals surface area contributed by atoms with Crippen LogP contribution in [0.15, 0.2) is 0 Å². The van der Waals surface area contributed by atoms with E-state index in [1.807, 2.05) is 0 Å². The van der Waals surface area contributed by atoms with Crippen molar-refractivity contribution in [3.63, 3.8) is 0 Å². The predicted molar refractivity (Wildman–Crippen MR) is 54.6 cm³/mol. The minimum Gasteiger partial charge on any atom is -0.294 e. The average Bonchev–Trinajstić information content (AvgIpc) is 2.15. The Labute approximate surface area is 82.9 Å². The number of hydrogen-bond donors (Lipinski definition) is 1. The molecule has 0 aromatic rings. The van der Waals surface area contributed by atoms with Crippen molar-refractivity contribution in [2.45, 2.75) is 38.5 Å². The molecule has 1 aliphatic carbocycles. The van der Waals surface area contributed by atoms with Gasteiger partial charge in [0.05, 0.1) is 0 Å². The first-order valence-corrected chi connectivity index (χ1v) is 6.08. The van der Waals surface area contributed by atoms with Crippen molar-refractivity contribution in [1.82, 2.24) is 4.31 Å². The maximum absolute atomic E-state index is 10.6. The lowest BCUT2D eigenvalue weighted by molar-refractivity contribution is 0.312. The van der Waals surface area contributed by atoms with Crippen molar-refractivity contribution < 1.29 is 8.76 Å². The largest absolute Gasteiger partial charge is 0.294 e. The monoisotopic (exact) mass is 205 g/mol. The molecule has 1 rings (SSSR count). The van der Waals surface area contributed by atoms with Crippen LogP contribution in [0.2, 0.25) is 0 Å². The van der Waals surface area contributed by atoms with E-state index in [-0.39, 0.29) is 0 Å². The summed E-state index contributed by atoms with van der Waals surface area (Å²) in [6.07, 6.45) is 7.76. The summed E-state index contributed by atoms with van der Waals surface area (Å²) >= 11 is -1.78. The van der Waals surface area contributed by atoms with Gasteiger partial charge in [0, 0.05) is 13.6 Å². The molecule has 1 saturated carbocycles. The maximum Gasteiger partial charge on any atom is 0.234 e. The van der Waals surface area contributed by atoms with Crippen LogP contribution in [0.4, 0.5) is 0 Å². The Hall–Kier alpha value is 0.0700. The van der Waals surface area contributed by atoms with Crippen molar-refractivity contribution in [1.29, 1.82) is 0 Å². The zero-order valence-electron chi connectivity index (χ0n) is 8.24. The summed E-state index contributed by atoms with van der Waals surface area (Å²) in [6.45, 7) is 0.744. The molecule has 78 valence electrons. The molecular weight excluding hydrogens is 186 g/mol. The topological polar surface area (TPSA) is 40.5 Å². The third-order valence-corrected chi connectivity index (χ3v) is 3.56. The van der Waals surface area contributed by atoms with Crippen LogP contribution in [-0.2, 0) is 11.3 Å². The Morgan fingerprint density at radius 3 is 2.54 bits per heavy atom. The SMILES string of the molecule is CN(CCC1CCCCC1)S(=O)O. The Morgan fingerprint density at radius 2 is 2.00 bits per heavy atom. The van der Waals surface area contributed by atoms with Gasteiger partial charge in [0.1, 0.15) is 0 Å². The molecular formula is C9H19NO2S. The molecule has 0 heterocycles. The molecule has 1 fully saturated rings. The van der Waals surface area contributed by atoms with Crippen molar-refractivity contribution in [3.8, 4) is 0 Å². The normalized spacial score (nSPS) is 22.1. The van der Waals surface area contributed by atoms with E-state index in [4.69, 9.17) is 4.55 Å². The van der Waals surface area contributed by atoms with E-state index in [2.05, 4.69) is 0 Å². The highest BCUT2D eigenvalue weighted by atomic mass is 32.2. The number of nitrogens with zero attached hydrogens (tertiary/aromatic N) is 1. The first kappa shape index (κ1) is 11.1. The highest BCUT2D eigenvalue weighted by molar-refractivity contribution is 7.76. The second-order valence-corrected chi connectivity index (χ2v) is 4.96. The van der Waals surface area contributed by atoms with Gasteiger partial charge in [0.15, 0.2) is 0 Å². The van der Waals surface area contributed by atoms with E-state index in [1.165, 1.54) is 36.4 Å². The van der Waals surface area contributed by atoms with E-state index < -0.39 is 11.3 Å². The molecule has 0 amide bonds. The lowest BCUT2D eigenvalue weighted by Crippen LogP contribution is -2.24. The molecule has 0 radical (unpaired) electrons. The standard InChI is InChI=1S/C9H19NO2S/c1-10(13(11)12)8-7-9-5-3-2-4-6-9/h9H,2-8H2,1H3,(H,11,12). The van der Waals surface area contributed by atoms with Crippen LogP contribution in [0.5, 0.6) is 0 Å². The zero-order chi connectivity index (χ0) is 9.68. The molecule has 0 aromatic carbocycles. The first-order valence-electron chi connectivity index (χ1n) is 5.02. The number of hydrogen-bond acceptors (Lipinski definition) is 1. The molecule has 1 unspecified atom stereocenters. The van der Waals surface area contributed by atoms with Crippen LogP contribution < -0.4 is 0 Å². The van der Waals surface area contributed by atoms with E-state index in [0.717, 1.165) is 18.9 Å². The molecule has 13 heavy (non-hydrogen) atoms. The summed E-state index contributed by atoms with van der Waals surface area (Å²) in [5, 5.41) is 0. The minimum absolute atomic E-state index is 0.744. The molecule has 0 spiro atoms. The van der Waals surface area contributed by atoms with E-state index >= 15 is 0 Å². The summed E-state index contributed by atoms with van der Waals surface area (Å²) in [7, 11) is 1.69. The number of rotatable bonds is 4. The van der Waals surface area contributed by atoms with Crippen LogP contribution in [0.3, 0.4) is 0 Å². The highest BCUT2D eigenvalue weighted by Crippen LogP contribution is 2.26. The van der Waals surface area contributed by atoms with Gasteiger partial charge >= 0.3 is 0 Å². The Kier molecular flexibility index (Phi) is 4.91. The van der Waals surface area contributed by atoms with Gasteiger partial charge in [0.2, 0.25) is 11.3 Å². The molecule has 1 N–H and O–H groups in total. The molecule has 4 heteroatoms. The van der Waals surface area contributed by atoms with Crippen LogP contribution in [0.1, 0.15) is 38.5 Å². The minimum atomic E-state index is -1.78. The molecule has 1 atom stereocenters. The fraction of sp³-hybridized carbons (Fsp3) is 1.00. The second kappa shape index (κ2) is 5.73. The summed E-state index contributed by atoms with van der Waals surface area (Å²) < 4.78 is 20.9. The Morgan fingerprint density at radius 1 is 1.38 bits per heavy atom. The molecule has 3 nitrogen and oxygen atoms in total. The fourth-order valence-corrected chi connectivity index (χ4v) is 2.18. The van der Waals surface area contributed by atoms with Gasteiger partial charge in [-0.15, -0.1) is 0 Å². The van der Waals surface area contributed by atoms with Gasteiger partial charge in [-0.3, -0.25) is 4.55 Å². The van der Waals surface area contributed by atoms with Crippen molar-refractivity contribution in [3.05, 3.63) is 0 Å². The zero-order valence-corrected chi connectivity index (χ0v) is 9.05. The van der Waals surface area contributed by atoms with Crippen molar-refractivity contribution >= 4 is 11.3 Å². The Bertz CT molecular complexity index is 169. The molecule has 1 aliphatic rings. The van der Waals surface area contributed by atoms with Crippen LogP contribution >= 0.6 is 0 Å². The maximum atomic E-state index is 10.6. The van der Waals surface area contributed by atoms with Crippen molar-refractivity contribution in [2.75, 3.05) is 13.6 Å². The van der Waals surface area contributed by atoms with Crippen LogP contribution in [0, 0.1) is 5.92 Å². The van der Waals surface area contributed by atoms with Crippen LogP contribution in [-0.4, -0.2) is 26.7 Å². The van der Waals surface area contributed by atoms with Gasteiger partial charge in [-0.2, -0.15) is 0 Å². The third-order valence-electron chi connectivity index (χ3n) is 2.84. The summed E-state index contributed by atoms with van der Waals surface area (Å²) in [5.41, 5.74) is 0. The quantitative estimate of drug-likeness (QED) is 0.713.